The van der Waals surface area contributed by atoms with E-state index in [2.05, 4.69) is 5.32 Å². The summed E-state index contributed by atoms with van der Waals surface area (Å²) in [5, 5.41) is 3.06. The smallest absolute Gasteiger partial charge is 0.154 e. The van der Waals surface area contributed by atoms with Crippen LogP contribution < -0.4 is 5.32 Å². The van der Waals surface area contributed by atoms with Crippen molar-refractivity contribution in [2.24, 2.45) is 0 Å². The summed E-state index contributed by atoms with van der Waals surface area (Å²) in [7, 11) is -6.04. The molecule has 0 heterocycles. The molecule has 0 aliphatic heterocycles. The van der Waals surface area contributed by atoms with Gasteiger partial charge < -0.3 is 5.32 Å². The van der Waals surface area contributed by atoms with Gasteiger partial charge in [0.15, 0.2) is 9.84 Å². The van der Waals surface area contributed by atoms with Crippen molar-refractivity contribution >= 4 is 19.7 Å². The normalized spacial score (nSPS) is 30.7. The highest BCUT2D eigenvalue weighted by molar-refractivity contribution is 7.92. The summed E-state index contributed by atoms with van der Waals surface area (Å²) in [6.45, 7) is 0.465. The van der Waals surface area contributed by atoms with Crippen LogP contribution in [0.5, 0.6) is 0 Å². The Balaban J connectivity index is 1.94. The molecule has 0 aromatic rings. The molecule has 2 rings (SSSR count). The first-order valence-electron chi connectivity index (χ1n) is 7.26. The van der Waals surface area contributed by atoms with Gasteiger partial charge in [-0.1, -0.05) is 12.8 Å². The fraction of sp³-hybridized carbons (Fsp3) is 1.00. The summed E-state index contributed by atoms with van der Waals surface area (Å²) in [5.74, 6) is 0. The predicted octanol–water partition coefficient (Wildman–Crippen LogP) is 0.899. The molecule has 2 aliphatic carbocycles. The van der Waals surface area contributed by atoms with Crippen LogP contribution in [0.4, 0.5) is 0 Å². The molecule has 2 saturated carbocycles. The molecule has 7 heteroatoms. The first-order chi connectivity index (χ1) is 9.14. The average Bonchev–Trinajstić information content (AvgIpc) is 2.25. The Bertz CT molecular complexity index is 549. The molecule has 0 aromatic heterocycles. The van der Waals surface area contributed by atoms with Gasteiger partial charge in [0.05, 0.1) is 10.00 Å². The lowest BCUT2D eigenvalue weighted by molar-refractivity contribution is 0.288. The zero-order valence-corrected chi connectivity index (χ0v) is 13.9. The summed E-state index contributed by atoms with van der Waals surface area (Å²) in [5.41, 5.74) is 0. The van der Waals surface area contributed by atoms with Gasteiger partial charge in [0.1, 0.15) is 9.84 Å². The first-order valence-corrected chi connectivity index (χ1v) is 11.1. The van der Waals surface area contributed by atoms with Crippen LogP contribution in [0.25, 0.3) is 0 Å². The van der Waals surface area contributed by atoms with Gasteiger partial charge in [-0.05, 0) is 32.1 Å². The Morgan fingerprint density at radius 2 is 1.70 bits per heavy atom. The molecule has 2 fully saturated rings. The topological polar surface area (TPSA) is 80.3 Å². The Morgan fingerprint density at radius 1 is 1.05 bits per heavy atom. The minimum absolute atomic E-state index is 0.127. The Hall–Kier alpha value is -0.140. The lowest BCUT2D eigenvalue weighted by atomic mass is 9.83. The quantitative estimate of drug-likeness (QED) is 0.813. The lowest BCUT2D eigenvalue weighted by Gasteiger charge is -2.41. The summed E-state index contributed by atoms with van der Waals surface area (Å²) in [6, 6.07) is 0.127. The van der Waals surface area contributed by atoms with E-state index in [1.807, 2.05) is 0 Å². The molecule has 5 nitrogen and oxygen atoms in total. The van der Waals surface area contributed by atoms with Gasteiger partial charge in [0.25, 0.3) is 0 Å². The Morgan fingerprint density at radius 3 is 2.15 bits per heavy atom. The van der Waals surface area contributed by atoms with Crippen LogP contribution in [-0.4, -0.2) is 51.9 Å². The third-order valence-electron chi connectivity index (χ3n) is 5.00. The van der Waals surface area contributed by atoms with Crippen LogP contribution in [0.15, 0.2) is 0 Å². The maximum atomic E-state index is 11.9. The molecule has 0 radical (unpaired) electrons. The van der Waals surface area contributed by atoms with Crippen LogP contribution in [-0.2, 0) is 19.7 Å². The summed E-state index contributed by atoms with van der Waals surface area (Å²) >= 11 is 0. The number of sulfone groups is 2. The molecule has 1 N–H and O–H groups in total. The van der Waals surface area contributed by atoms with E-state index in [4.69, 9.17) is 0 Å². The summed E-state index contributed by atoms with van der Waals surface area (Å²) < 4.78 is 46.5. The first kappa shape index (κ1) is 16.2. The van der Waals surface area contributed by atoms with Gasteiger partial charge >= 0.3 is 0 Å². The SMILES string of the molecule is CS(=O)(=O)C1CCCC(NCC2(S(C)(=O)=O)CCC2)C1. The molecule has 2 aliphatic rings. The van der Waals surface area contributed by atoms with Gasteiger partial charge in [0, 0.05) is 25.1 Å². The van der Waals surface area contributed by atoms with Crippen molar-refractivity contribution in [3.8, 4) is 0 Å². The number of hydrogen-bond donors (Lipinski definition) is 1. The monoisotopic (exact) mass is 323 g/mol. The Kier molecular flexibility index (Phi) is 4.52. The van der Waals surface area contributed by atoms with E-state index in [0.717, 1.165) is 38.5 Å². The minimum Gasteiger partial charge on any atom is -0.312 e. The largest absolute Gasteiger partial charge is 0.312 e. The van der Waals surface area contributed by atoms with E-state index in [1.165, 1.54) is 12.5 Å². The van der Waals surface area contributed by atoms with E-state index in [0.29, 0.717) is 13.0 Å². The van der Waals surface area contributed by atoms with E-state index in [9.17, 15) is 16.8 Å². The van der Waals surface area contributed by atoms with Crippen molar-refractivity contribution in [3.05, 3.63) is 0 Å². The third-order valence-corrected chi connectivity index (χ3v) is 8.76. The van der Waals surface area contributed by atoms with Crippen molar-refractivity contribution in [3.63, 3.8) is 0 Å². The summed E-state index contributed by atoms with van der Waals surface area (Å²) in [4.78, 5) is 0. The molecular weight excluding hydrogens is 298 g/mol. The van der Waals surface area contributed by atoms with Crippen LogP contribution >= 0.6 is 0 Å². The van der Waals surface area contributed by atoms with E-state index in [1.54, 1.807) is 0 Å². The summed E-state index contributed by atoms with van der Waals surface area (Å²) in [6.07, 6.45) is 8.19. The van der Waals surface area contributed by atoms with Crippen molar-refractivity contribution < 1.29 is 16.8 Å². The second-order valence-electron chi connectivity index (χ2n) is 6.50. The van der Waals surface area contributed by atoms with Crippen LogP contribution in [0.1, 0.15) is 44.9 Å². The molecule has 20 heavy (non-hydrogen) atoms. The molecule has 118 valence electrons. The number of rotatable bonds is 5. The molecule has 2 unspecified atom stereocenters. The molecule has 0 aromatic carbocycles. The van der Waals surface area contributed by atoms with Gasteiger partial charge in [0.2, 0.25) is 0 Å². The third kappa shape index (κ3) is 3.36. The molecule has 0 amide bonds. The van der Waals surface area contributed by atoms with Crippen molar-refractivity contribution in [2.45, 2.75) is 61.0 Å². The second-order valence-corrected chi connectivity index (χ2v) is 11.2. The van der Waals surface area contributed by atoms with Crippen molar-refractivity contribution in [1.82, 2.24) is 5.32 Å². The van der Waals surface area contributed by atoms with Crippen molar-refractivity contribution in [2.75, 3.05) is 19.1 Å². The number of nitrogens with one attached hydrogen (secondary N) is 1. The van der Waals surface area contributed by atoms with Crippen molar-refractivity contribution in [1.29, 1.82) is 0 Å². The zero-order valence-electron chi connectivity index (χ0n) is 12.3. The van der Waals surface area contributed by atoms with Crippen LogP contribution in [0, 0.1) is 0 Å². The van der Waals surface area contributed by atoms with Gasteiger partial charge in [-0.25, -0.2) is 16.8 Å². The van der Waals surface area contributed by atoms with E-state index in [-0.39, 0.29) is 11.3 Å². The van der Waals surface area contributed by atoms with Crippen LogP contribution in [0.3, 0.4) is 0 Å². The van der Waals surface area contributed by atoms with Gasteiger partial charge in [-0.15, -0.1) is 0 Å². The van der Waals surface area contributed by atoms with Gasteiger partial charge in [-0.3, -0.25) is 0 Å². The molecule has 0 bridgehead atoms. The van der Waals surface area contributed by atoms with E-state index < -0.39 is 24.4 Å². The van der Waals surface area contributed by atoms with Gasteiger partial charge in [-0.2, -0.15) is 0 Å². The molecule has 0 spiro atoms. The Labute approximate surface area is 122 Å². The maximum Gasteiger partial charge on any atom is 0.154 e. The average molecular weight is 323 g/mol. The fourth-order valence-corrected chi connectivity index (χ4v) is 5.85. The highest BCUT2D eigenvalue weighted by Gasteiger charge is 2.46. The van der Waals surface area contributed by atoms with Crippen LogP contribution in [0.2, 0.25) is 0 Å². The molecular formula is C13H25NO4S2. The predicted molar refractivity (Wildman–Crippen MR) is 80.3 cm³/mol. The molecule has 0 saturated heterocycles. The minimum atomic E-state index is -3.05. The highest BCUT2D eigenvalue weighted by Crippen LogP contribution is 2.38. The highest BCUT2D eigenvalue weighted by atomic mass is 32.2. The van der Waals surface area contributed by atoms with E-state index >= 15 is 0 Å². The fourth-order valence-electron chi connectivity index (χ4n) is 3.30. The number of hydrogen-bond acceptors (Lipinski definition) is 5. The standard InChI is InChI=1S/C13H25NO4S2/c1-19(15,16)12-6-3-5-11(9-12)14-10-13(7-4-8-13)20(2,17)18/h11-12,14H,3-10H2,1-2H3. The molecule has 2 atom stereocenters. The zero-order chi connectivity index (χ0) is 15.0. The maximum absolute atomic E-state index is 11.9. The second kappa shape index (κ2) is 5.57. The lowest BCUT2D eigenvalue weighted by Crippen LogP contribution is -2.54.